The molecule has 0 spiro atoms. The zero-order chi connectivity index (χ0) is 13.8. The average Bonchev–Trinajstić information content (AvgIpc) is 2.25. The Bertz CT molecular complexity index is 310. The third-order valence-electron chi connectivity index (χ3n) is 6.71. The Morgan fingerprint density at radius 3 is 1.89 bits per heavy atom. The zero-order valence-electron chi connectivity index (χ0n) is 13.3. The van der Waals surface area contributed by atoms with Crippen LogP contribution in [0.5, 0.6) is 0 Å². The molecule has 0 saturated heterocycles. The lowest BCUT2D eigenvalue weighted by molar-refractivity contribution is -0.0994. The molecule has 1 atom stereocenters. The van der Waals surface area contributed by atoms with Crippen LogP contribution in [0.4, 0.5) is 0 Å². The van der Waals surface area contributed by atoms with Crippen molar-refractivity contribution in [3.8, 4) is 0 Å². The van der Waals surface area contributed by atoms with Gasteiger partial charge in [-0.05, 0) is 89.5 Å². The highest BCUT2D eigenvalue weighted by Crippen LogP contribution is 2.63. The number of hydrogen-bond donors (Lipinski definition) is 1. The molecule has 0 aliphatic heterocycles. The van der Waals surface area contributed by atoms with Gasteiger partial charge in [-0.25, -0.2) is 0 Å². The maximum absolute atomic E-state index is 6.91. The molecule has 2 nitrogen and oxygen atoms in total. The summed E-state index contributed by atoms with van der Waals surface area (Å²) in [5.41, 5.74) is 7.35. The molecule has 110 valence electrons. The van der Waals surface area contributed by atoms with Crippen LogP contribution in [0.25, 0.3) is 0 Å². The van der Waals surface area contributed by atoms with Crippen molar-refractivity contribution in [2.24, 2.45) is 28.9 Å². The van der Waals surface area contributed by atoms with E-state index < -0.39 is 0 Å². The Labute approximate surface area is 119 Å². The first-order chi connectivity index (χ1) is 8.81. The molecule has 4 saturated carbocycles. The molecule has 0 heterocycles. The topological polar surface area (TPSA) is 29.3 Å². The first-order valence-corrected chi connectivity index (χ1v) is 8.30. The summed E-state index contributed by atoms with van der Waals surface area (Å²) in [7, 11) is 2.23. The van der Waals surface area contributed by atoms with Crippen LogP contribution >= 0.6 is 0 Å². The fourth-order valence-corrected chi connectivity index (χ4v) is 5.68. The second-order valence-corrected chi connectivity index (χ2v) is 8.62. The quantitative estimate of drug-likeness (QED) is 0.844. The van der Waals surface area contributed by atoms with E-state index in [1.165, 1.54) is 38.5 Å². The normalized spacial score (nSPS) is 44.1. The highest BCUT2D eigenvalue weighted by Gasteiger charge is 2.57. The second-order valence-electron chi connectivity index (χ2n) is 8.62. The molecule has 0 radical (unpaired) electrons. The van der Waals surface area contributed by atoms with Crippen molar-refractivity contribution in [3.05, 3.63) is 0 Å². The molecule has 0 aromatic carbocycles. The maximum atomic E-state index is 6.91. The van der Waals surface area contributed by atoms with Gasteiger partial charge in [0.15, 0.2) is 0 Å². The van der Waals surface area contributed by atoms with Gasteiger partial charge in [-0.3, -0.25) is 0 Å². The van der Waals surface area contributed by atoms with Crippen LogP contribution in [-0.2, 0) is 0 Å². The van der Waals surface area contributed by atoms with Crippen molar-refractivity contribution in [2.45, 2.75) is 70.9 Å². The first kappa shape index (κ1) is 13.9. The Morgan fingerprint density at radius 1 is 1.11 bits per heavy atom. The summed E-state index contributed by atoms with van der Waals surface area (Å²) in [5.74, 6) is 3.00. The largest absolute Gasteiger partial charge is 0.324 e. The van der Waals surface area contributed by atoms with Crippen LogP contribution in [0.2, 0.25) is 0 Å². The monoisotopic (exact) mass is 264 g/mol. The van der Waals surface area contributed by atoms with E-state index in [1.54, 1.807) is 0 Å². The summed E-state index contributed by atoms with van der Waals surface area (Å²) in [6.45, 7) is 7.95. The SMILES string of the molecule is CC(C)N(C)CC(C)(N)C12CC3CC(CC(C3)C1)C2. The Hall–Kier alpha value is -0.0800. The van der Waals surface area contributed by atoms with Gasteiger partial charge in [-0.1, -0.05) is 0 Å². The van der Waals surface area contributed by atoms with Gasteiger partial charge in [0.25, 0.3) is 0 Å². The summed E-state index contributed by atoms with van der Waals surface area (Å²) in [5, 5.41) is 0. The predicted octanol–water partition coefficient (Wildman–Crippen LogP) is 3.26. The molecule has 4 fully saturated rings. The molecule has 0 aromatic rings. The summed E-state index contributed by atoms with van der Waals surface area (Å²) in [6.07, 6.45) is 8.77. The minimum absolute atomic E-state index is 0.0119. The van der Waals surface area contributed by atoms with E-state index in [9.17, 15) is 0 Å². The molecule has 4 aliphatic rings. The average molecular weight is 264 g/mol. The number of hydrogen-bond acceptors (Lipinski definition) is 2. The van der Waals surface area contributed by atoms with E-state index in [-0.39, 0.29) is 5.54 Å². The van der Waals surface area contributed by atoms with Crippen molar-refractivity contribution in [2.75, 3.05) is 13.6 Å². The van der Waals surface area contributed by atoms with Gasteiger partial charge in [0.05, 0.1) is 0 Å². The highest BCUT2D eigenvalue weighted by atomic mass is 15.1. The van der Waals surface area contributed by atoms with Gasteiger partial charge in [0.1, 0.15) is 0 Å². The van der Waals surface area contributed by atoms with Crippen molar-refractivity contribution < 1.29 is 0 Å². The molecular formula is C17H32N2. The number of likely N-dealkylation sites (N-methyl/N-ethyl adjacent to an activating group) is 1. The minimum atomic E-state index is -0.0119. The van der Waals surface area contributed by atoms with Crippen LogP contribution in [0.1, 0.15) is 59.3 Å². The molecule has 4 rings (SSSR count). The molecule has 19 heavy (non-hydrogen) atoms. The van der Waals surface area contributed by atoms with Crippen LogP contribution in [0.15, 0.2) is 0 Å². The first-order valence-electron chi connectivity index (χ1n) is 8.30. The Kier molecular flexibility index (Phi) is 3.26. The van der Waals surface area contributed by atoms with Crippen molar-refractivity contribution in [1.29, 1.82) is 0 Å². The van der Waals surface area contributed by atoms with Crippen molar-refractivity contribution >= 4 is 0 Å². The fraction of sp³-hybridized carbons (Fsp3) is 1.00. The fourth-order valence-electron chi connectivity index (χ4n) is 5.68. The summed E-state index contributed by atoms with van der Waals surface area (Å²) in [6, 6.07) is 0.594. The molecule has 2 N–H and O–H groups in total. The molecule has 0 amide bonds. The van der Waals surface area contributed by atoms with Crippen molar-refractivity contribution in [1.82, 2.24) is 4.90 Å². The lowest BCUT2D eigenvalue weighted by Gasteiger charge is -2.62. The van der Waals surface area contributed by atoms with Gasteiger partial charge in [0, 0.05) is 18.1 Å². The smallest absolute Gasteiger partial charge is 0.0312 e. The summed E-state index contributed by atoms with van der Waals surface area (Å²) in [4.78, 5) is 2.44. The summed E-state index contributed by atoms with van der Waals surface area (Å²) >= 11 is 0. The molecular weight excluding hydrogens is 232 g/mol. The van der Waals surface area contributed by atoms with Crippen molar-refractivity contribution in [3.63, 3.8) is 0 Å². The van der Waals surface area contributed by atoms with E-state index in [4.69, 9.17) is 5.73 Å². The lowest BCUT2D eigenvalue weighted by Crippen LogP contribution is -2.65. The molecule has 4 bridgehead atoms. The Balaban J connectivity index is 1.80. The van der Waals surface area contributed by atoms with Crippen LogP contribution in [0, 0.1) is 23.2 Å². The number of nitrogens with zero attached hydrogens (tertiary/aromatic N) is 1. The third kappa shape index (κ3) is 2.25. The van der Waals surface area contributed by atoms with Gasteiger partial charge >= 0.3 is 0 Å². The molecule has 2 heteroatoms. The Morgan fingerprint density at radius 2 is 1.53 bits per heavy atom. The van der Waals surface area contributed by atoms with E-state index in [0.717, 1.165) is 24.3 Å². The lowest BCUT2D eigenvalue weighted by atomic mass is 9.45. The van der Waals surface area contributed by atoms with Crippen LogP contribution in [-0.4, -0.2) is 30.1 Å². The summed E-state index contributed by atoms with van der Waals surface area (Å²) < 4.78 is 0. The zero-order valence-corrected chi connectivity index (χ0v) is 13.3. The molecule has 1 unspecified atom stereocenters. The van der Waals surface area contributed by atoms with E-state index >= 15 is 0 Å². The van der Waals surface area contributed by atoms with Gasteiger partial charge in [-0.2, -0.15) is 0 Å². The second kappa shape index (κ2) is 4.46. The maximum Gasteiger partial charge on any atom is 0.0312 e. The van der Waals surface area contributed by atoms with Gasteiger partial charge < -0.3 is 10.6 Å². The van der Waals surface area contributed by atoms with E-state index in [2.05, 4.69) is 32.7 Å². The standard InChI is InChI=1S/C17H32N2/c1-12(2)19(4)11-16(3,18)17-8-13-5-14(9-17)7-15(6-13)10-17/h12-15H,5-11,18H2,1-4H3. The number of rotatable bonds is 4. The minimum Gasteiger partial charge on any atom is -0.324 e. The number of nitrogens with two attached hydrogens (primary N) is 1. The van der Waals surface area contributed by atoms with Crippen LogP contribution < -0.4 is 5.73 Å². The van der Waals surface area contributed by atoms with Gasteiger partial charge in [0.2, 0.25) is 0 Å². The molecule has 4 aliphatic carbocycles. The van der Waals surface area contributed by atoms with E-state index in [1.807, 2.05) is 0 Å². The third-order valence-corrected chi connectivity index (χ3v) is 6.71. The molecule has 0 aromatic heterocycles. The van der Waals surface area contributed by atoms with E-state index in [0.29, 0.717) is 11.5 Å². The van der Waals surface area contributed by atoms with Crippen LogP contribution in [0.3, 0.4) is 0 Å². The van der Waals surface area contributed by atoms with Gasteiger partial charge in [-0.15, -0.1) is 0 Å². The highest BCUT2D eigenvalue weighted by molar-refractivity contribution is 5.11. The predicted molar refractivity (Wildman–Crippen MR) is 81.0 cm³/mol.